The van der Waals surface area contributed by atoms with Gasteiger partial charge in [0.2, 0.25) is 5.91 Å². The molecule has 0 aliphatic carbocycles. The summed E-state index contributed by atoms with van der Waals surface area (Å²) in [6.45, 7) is 2.21. The van der Waals surface area contributed by atoms with Crippen LogP contribution in [0.1, 0.15) is 26.6 Å². The highest BCUT2D eigenvalue weighted by molar-refractivity contribution is 7.09. The predicted molar refractivity (Wildman–Crippen MR) is 81.9 cm³/mol. The Morgan fingerprint density at radius 2 is 2.05 bits per heavy atom. The first kappa shape index (κ1) is 15.0. The predicted octanol–water partition coefficient (Wildman–Crippen LogP) is 1.58. The van der Waals surface area contributed by atoms with Crippen molar-refractivity contribution in [1.82, 2.24) is 4.98 Å². The summed E-state index contributed by atoms with van der Waals surface area (Å²) in [5, 5.41) is 6.79. The quantitative estimate of drug-likeness (QED) is 0.480. The number of benzene rings is 1. The molecule has 0 saturated heterocycles. The molecular weight excluding hydrogens is 288 g/mol. The summed E-state index contributed by atoms with van der Waals surface area (Å²) in [4.78, 5) is 20.4. The van der Waals surface area contributed by atoms with Gasteiger partial charge >= 0.3 is 0 Å². The van der Waals surface area contributed by atoms with E-state index < -0.39 is 5.91 Å². The van der Waals surface area contributed by atoms with Crippen LogP contribution >= 0.6 is 11.3 Å². The highest BCUT2D eigenvalue weighted by atomic mass is 32.1. The van der Waals surface area contributed by atoms with Crippen LogP contribution in [0.5, 0.6) is 0 Å². The molecule has 0 spiro atoms. The molecule has 0 saturated carbocycles. The molecule has 7 heteroatoms. The van der Waals surface area contributed by atoms with Crippen LogP contribution in [0.4, 0.5) is 0 Å². The van der Waals surface area contributed by atoms with Crippen molar-refractivity contribution >= 4 is 23.1 Å². The number of nitrogens with zero attached hydrogens (tertiary/aromatic N) is 2. The van der Waals surface area contributed by atoms with E-state index in [4.69, 9.17) is 16.3 Å². The fourth-order valence-electron chi connectivity index (χ4n) is 1.66. The highest BCUT2D eigenvalue weighted by Gasteiger charge is 2.03. The molecule has 0 aliphatic rings. The van der Waals surface area contributed by atoms with Crippen LogP contribution in [0.25, 0.3) is 0 Å². The topological polar surface area (TPSA) is 104 Å². The maximum atomic E-state index is 10.9. The summed E-state index contributed by atoms with van der Waals surface area (Å²) >= 11 is 1.57. The largest absolute Gasteiger partial charge is 0.390 e. The van der Waals surface area contributed by atoms with Crippen LogP contribution in [0.3, 0.4) is 0 Å². The number of aryl methyl sites for hydroxylation is 1. The van der Waals surface area contributed by atoms with E-state index >= 15 is 0 Å². The van der Waals surface area contributed by atoms with Crippen molar-refractivity contribution in [3.05, 3.63) is 51.5 Å². The minimum Gasteiger partial charge on any atom is -0.390 e. The summed E-state index contributed by atoms with van der Waals surface area (Å²) in [7, 11) is 0. The molecule has 0 unspecified atom stereocenters. The van der Waals surface area contributed by atoms with Gasteiger partial charge in [-0.3, -0.25) is 4.79 Å². The van der Waals surface area contributed by atoms with E-state index in [1.807, 2.05) is 12.3 Å². The van der Waals surface area contributed by atoms with Crippen molar-refractivity contribution in [2.45, 2.75) is 20.0 Å². The van der Waals surface area contributed by atoms with Crippen LogP contribution in [0.2, 0.25) is 0 Å². The zero-order valence-corrected chi connectivity index (χ0v) is 12.4. The van der Waals surface area contributed by atoms with Crippen molar-refractivity contribution < 1.29 is 9.63 Å². The Balaban J connectivity index is 1.84. The second-order valence-electron chi connectivity index (χ2n) is 4.45. The second kappa shape index (κ2) is 6.85. The number of primary amides is 1. The lowest BCUT2D eigenvalue weighted by Crippen LogP contribution is -2.15. The molecule has 0 bridgehead atoms. The summed E-state index contributed by atoms with van der Waals surface area (Å²) in [5.74, 6) is -0.0858. The van der Waals surface area contributed by atoms with Crippen molar-refractivity contribution in [2.75, 3.05) is 0 Å². The second-order valence-corrected chi connectivity index (χ2v) is 5.51. The Hall–Kier alpha value is -2.41. The van der Waals surface area contributed by atoms with E-state index in [-0.39, 0.29) is 6.61 Å². The SMILES string of the molecule is Cc1nc(CC(N)=NOCc2ccc(C(N)=O)cc2)cs1. The third-order valence-corrected chi connectivity index (χ3v) is 3.50. The number of hydrogen-bond acceptors (Lipinski definition) is 5. The van der Waals surface area contributed by atoms with Gasteiger partial charge in [0.05, 0.1) is 17.1 Å². The number of carbonyl (C=O) groups is 1. The zero-order valence-electron chi connectivity index (χ0n) is 11.6. The molecule has 21 heavy (non-hydrogen) atoms. The van der Waals surface area contributed by atoms with Crippen LogP contribution in [0.15, 0.2) is 34.8 Å². The number of oxime groups is 1. The molecule has 0 fully saturated rings. The minimum absolute atomic E-state index is 0.274. The minimum atomic E-state index is -0.455. The van der Waals surface area contributed by atoms with E-state index in [0.29, 0.717) is 17.8 Å². The number of nitrogens with two attached hydrogens (primary N) is 2. The van der Waals surface area contributed by atoms with Gasteiger partial charge in [-0.05, 0) is 24.6 Å². The molecular formula is C14H16N4O2S. The molecule has 0 aliphatic heterocycles. The van der Waals surface area contributed by atoms with Crippen molar-refractivity contribution in [1.29, 1.82) is 0 Å². The fraction of sp³-hybridized carbons (Fsp3) is 0.214. The Morgan fingerprint density at radius 3 is 2.62 bits per heavy atom. The smallest absolute Gasteiger partial charge is 0.248 e. The van der Waals surface area contributed by atoms with E-state index in [0.717, 1.165) is 16.3 Å². The molecule has 1 aromatic heterocycles. The number of amides is 1. The number of hydrogen-bond donors (Lipinski definition) is 2. The van der Waals surface area contributed by atoms with Crippen molar-refractivity contribution in [3.8, 4) is 0 Å². The molecule has 0 atom stereocenters. The van der Waals surface area contributed by atoms with E-state index in [1.165, 1.54) is 0 Å². The zero-order chi connectivity index (χ0) is 15.2. The van der Waals surface area contributed by atoms with Gasteiger partial charge in [-0.25, -0.2) is 4.98 Å². The fourth-order valence-corrected chi connectivity index (χ4v) is 2.27. The lowest BCUT2D eigenvalue weighted by Gasteiger charge is -2.02. The third kappa shape index (κ3) is 4.57. The molecule has 1 heterocycles. The molecule has 1 aromatic carbocycles. The number of aromatic nitrogens is 1. The van der Waals surface area contributed by atoms with Gasteiger partial charge in [0.1, 0.15) is 12.4 Å². The summed E-state index contributed by atoms with van der Waals surface area (Å²) in [6.07, 6.45) is 0.463. The van der Waals surface area contributed by atoms with Crippen LogP contribution < -0.4 is 11.5 Å². The van der Waals surface area contributed by atoms with E-state index in [9.17, 15) is 4.79 Å². The van der Waals surface area contributed by atoms with Gasteiger partial charge < -0.3 is 16.3 Å². The Morgan fingerprint density at radius 1 is 1.33 bits per heavy atom. The Kier molecular flexibility index (Phi) is 4.89. The summed E-state index contributed by atoms with van der Waals surface area (Å²) < 4.78 is 0. The van der Waals surface area contributed by atoms with Gasteiger partial charge in [-0.1, -0.05) is 17.3 Å². The normalized spacial score (nSPS) is 11.4. The van der Waals surface area contributed by atoms with E-state index in [1.54, 1.807) is 35.6 Å². The first-order chi connectivity index (χ1) is 10.0. The maximum Gasteiger partial charge on any atom is 0.248 e. The standard InChI is InChI=1S/C14H16N4O2S/c1-9-17-12(8-21-9)6-13(15)18-20-7-10-2-4-11(5-3-10)14(16)19/h2-5,8H,6-7H2,1H3,(H2,15,18)(H2,16,19). The van der Waals surface area contributed by atoms with E-state index in [2.05, 4.69) is 10.1 Å². The Labute approximate surface area is 126 Å². The molecule has 6 nitrogen and oxygen atoms in total. The average Bonchev–Trinajstić information content (AvgIpc) is 2.84. The van der Waals surface area contributed by atoms with Crippen LogP contribution in [0, 0.1) is 6.92 Å². The monoisotopic (exact) mass is 304 g/mol. The molecule has 4 N–H and O–H groups in total. The Bertz CT molecular complexity index is 649. The number of thiazole rings is 1. The van der Waals surface area contributed by atoms with Gasteiger partial charge in [0.25, 0.3) is 0 Å². The molecule has 2 rings (SSSR count). The lowest BCUT2D eigenvalue weighted by atomic mass is 10.1. The first-order valence-corrected chi connectivity index (χ1v) is 7.16. The van der Waals surface area contributed by atoms with Gasteiger partial charge in [0, 0.05) is 10.9 Å². The molecule has 2 aromatic rings. The highest BCUT2D eigenvalue weighted by Crippen LogP contribution is 2.09. The van der Waals surface area contributed by atoms with Crippen LogP contribution in [-0.4, -0.2) is 16.7 Å². The summed E-state index contributed by atoms with van der Waals surface area (Å²) in [6, 6.07) is 6.81. The van der Waals surface area contributed by atoms with Gasteiger partial charge in [-0.15, -0.1) is 11.3 Å². The first-order valence-electron chi connectivity index (χ1n) is 6.28. The number of amidine groups is 1. The number of carbonyl (C=O) groups excluding carboxylic acids is 1. The maximum absolute atomic E-state index is 10.9. The van der Waals surface area contributed by atoms with Crippen molar-refractivity contribution in [3.63, 3.8) is 0 Å². The van der Waals surface area contributed by atoms with Crippen molar-refractivity contribution in [2.24, 2.45) is 16.6 Å². The van der Waals surface area contributed by atoms with Gasteiger partial charge in [-0.2, -0.15) is 0 Å². The van der Waals surface area contributed by atoms with Crippen LogP contribution in [-0.2, 0) is 17.9 Å². The number of rotatable bonds is 6. The summed E-state index contributed by atoms with van der Waals surface area (Å²) in [5.41, 5.74) is 13.2. The molecule has 110 valence electrons. The average molecular weight is 304 g/mol. The molecule has 0 radical (unpaired) electrons. The lowest BCUT2D eigenvalue weighted by molar-refractivity contribution is 0.1000. The van der Waals surface area contributed by atoms with Gasteiger partial charge in [0.15, 0.2) is 0 Å². The molecule has 1 amide bonds. The third-order valence-electron chi connectivity index (χ3n) is 2.68.